The third-order valence-electron chi connectivity index (χ3n) is 3.29. The average Bonchev–Trinajstić information content (AvgIpc) is 2.52. The van der Waals surface area contributed by atoms with Crippen molar-refractivity contribution >= 4 is 6.09 Å². The van der Waals surface area contributed by atoms with Crippen LogP contribution in [0.3, 0.4) is 0 Å². The Bertz CT molecular complexity index is 657. The summed E-state index contributed by atoms with van der Waals surface area (Å²) in [4.78, 5) is 11.8. The molecule has 0 atom stereocenters. The Morgan fingerprint density at radius 1 is 1.09 bits per heavy atom. The highest BCUT2D eigenvalue weighted by Gasteiger charge is 2.16. The Morgan fingerprint density at radius 2 is 1.74 bits per heavy atom. The molecule has 2 aromatic carbocycles. The number of aliphatic hydroxyl groups excluding tert-OH is 1. The van der Waals surface area contributed by atoms with E-state index in [1.54, 1.807) is 0 Å². The molecule has 0 saturated carbocycles. The minimum absolute atomic E-state index is 0.0299. The van der Waals surface area contributed by atoms with Crippen molar-refractivity contribution in [3.05, 3.63) is 59.7 Å². The molecule has 2 rings (SSSR count). The Labute approximate surface area is 137 Å². The van der Waals surface area contributed by atoms with Crippen molar-refractivity contribution in [3.8, 4) is 11.1 Å². The molecule has 4 heteroatoms. The fourth-order valence-electron chi connectivity index (χ4n) is 2.23. The standard InChI is InChI=1S/C19H23NO3/c1-19(2,3)23-18(22)20-12-16-6-4-5-7-17(16)15-10-8-14(13-21)9-11-15/h4-11,21H,12-13H2,1-3H3,(H,20,22). The van der Waals surface area contributed by atoms with Crippen molar-refractivity contribution in [2.75, 3.05) is 0 Å². The first-order valence-electron chi connectivity index (χ1n) is 7.64. The maximum Gasteiger partial charge on any atom is 0.407 e. The monoisotopic (exact) mass is 313 g/mol. The number of alkyl carbamates (subject to hydrolysis) is 1. The molecule has 0 heterocycles. The van der Waals surface area contributed by atoms with Gasteiger partial charge in [-0.3, -0.25) is 0 Å². The minimum Gasteiger partial charge on any atom is -0.444 e. The molecular weight excluding hydrogens is 290 g/mol. The quantitative estimate of drug-likeness (QED) is 0.901. The molecule has 0 spiro atoms. The van der Waals surface area contributed by atoms with Crippen LogP contribution in [0.2, 0.25) is 0 Å². The summed E-state index contributed by atoms with van der Waals surface area (Å²) in [6.45, 7) is 5.94. The van der Waals surface area contributed by atoms with Crippen molar-refractivity contribution in [2.45, 2.75) is 39.5 Å². The van der Waals surface area contributed by atoms with Gasteiger partial charge in [-0.15, -0.1) is 0 Å². The average molecular weight is 313 g/mol. The molecule has 2 N–H and O–H groups in total. The molecule has 0 unspecified atom stereocenters. The van der Waals surface area contributed by atoms with Crippen LogP contribution < -0.4 is 5.32 Å². The van der Waals surface area contributed by atoms with E-state index < -0.39 is 11.7 Å². The number of carbonyl (C=O) groups is 1. The Balaban J connectivity index is 2.12. The molecule has 122 valence electrons. The van der Waals surface area contributed by atoms with Gasteiger partial charge in [0.1, 0.15) is 5.60 Å². The predicted molar refractivity (Wildman–Crippen MR) is 90.9 cm³/mol. The van der Waals surface area contributed by atoms with Gasteiger partial charge in [-0.2, -0.15) is 0 Å². The van der Waals surface area contributed by atoms with E-state index in [0.717, 1.165) is 22.3 Å². The lowest BCUT2D eigenvalue weighted by molar-refractivity contribution is 0.0523. The number of aliphatic hydroxyl groups is 1. The van der Waals surface area contributed by atoms with E-state index in [1.165, 1.54) is 0 Å². The van der Waals surface area contributed by atoms with Gasteiger partial charge in [-0.05, 0) is 43.0 Å². The maximum atomic E-state index is 11.8. The van der Waals surface area contributed by atoms with Crippen LogP contribution in [0.5, 0.6) is 0 Å². The molecule has 0 bridgehead atoms. The predicted octanol–water partition coefficient (Wildman–Crippen LogP) is 3.87. The van der Waals surface area contributed by atoms with Crippen LogP contribution >= 0.6 is 0 Å². The van der Waals surface area contributed by atoms with Crippen LogP contribution in [0.1, 0.15) is 31.9 Å². The largest absolute Gasteiger partial charge is 0.444 e. The lowest BCUT2D eigenvalue weighted by Gasteiger charge is -2.20. The molecule has 1 amide bonds. The van der Waals surface area contributed by atoms with Crippen molar-refractivity contribution < 1.29 is 14.6 Å². The summed E-state index contributed by atoms with van der Waals surface area (Å²) in [5.74, 6) is 0. The van der Waals surface area contributed by atoms with Gasteiger partial charge in [0.15, 0.2) is 0 Å². The third kappa shape index (κ3) is 5.11. The van der Waals surface area contributed by atoms with Gasteiger partial charge < -0.3 is 15.2 Å². The number of rotatable bonds is 4. The molecule has 0 fully saturated rings. The number of nitrogens with one attached hydrogen (secondary N) is 1. The molecule has 23 heavy (non-hydrogen) atoms. The summed E-state index contributed by atoms with van der Waals surface area (Å²) < 4.78 is 5.26. The second-order valence-electron chi connectivity index (χ2n) is 6.37. The van der Waals surface area contributed by atoms with E-state index in [0.29, 0.717) is 6.54 Å². The molecule has 0 aliphatic rings. The van der Waals surface area contributed by atoms with Gasteiger partial charge >= 0.3 is 6.09 Å². The first-order valence-corrected chi connectivity index (χ1v) is 7.64. The molecule has 4 nitrogen and oxygen atoms in total. The molecule has 2 aromatic rings. The molecule has 0 radical (unpaired) electrons. The summed E-state index contributed by atoms with van der Waals surface area (Å²) in [6.07, 6.45) is -0.428. The highest BCUT2D eigenvalue weighted by molar-refractivity contribution is 5.70. The first-order chi connectivity index (χ1) is 10.9. The van der Waals surface area contributed by atoms with Crippen LogP contribution in [-0.4, -0.2) is 16.8 Å². The van der Waals surface area contributed by atoms with Gasteiger partial charge in [-0.25, -0.2) is 4.79 Å². The van der Waals surface area contributed by atoms with Gasteiger partial charge in [0.05, 0.1) is 6.61 Å². The fourth-order valence-corrected chi connectivity index (χ4v) is 2.23. The van der Waals surface area contributed by atoms with Crippen molar-refractivity contribution in [1.29, 1.82) is 0 Å². The minimum atomic E-state index is -0.510. The zero-order valence-corrected chi connectivity index (χ0v) is 13.8. The summed E-state index contributed by atoms with van der Waals surface area (Å²) >= 11 is 0. The normalized spacial score (nSPS) is 11.1. The highest BCUT2D eigenvalue weighted by atomic mass is 16.6. The Hall–Kier alpha value is -2.33. The lowest BCUT2D eigenvalue weighted by Crippen LogP contribution is -2.32. The smallest absolute Gasteiger partial charge is 0.407 e. The SMILES string of the molecule is CC(C)(C)OC(=O)NCc1ccccc1-c1ccc(CO)cc1. The summed E-state index contributed by atoms with van der Waals surface area (Å²) in [5, 5.41) is 11.9. The fraction of sp³-hybridized carbons (Fsp3) is 0.316. The van der Waals surface area contributed by atoms with Crippen LogP contribution in [0.25, 0.3) is 11.1 Å². The lowest BCUT2D eigenvalue weighted by atomic mass is 9.99. The molecular formula is C19H23NO3. The van der Waals surface area contributed by atoms with Crippen LogP contribution in [0, 0.1) is 0 Å². The van der Waals surface area contributed by atoms with Gasteiger partial charge in [0.2, 0.25) is 0 Å². The highest BCUT2D eigenvalue weighted by Crippen LogP contribution is 2.24. The number of hydrogen-bond donors (Lipinski definition) is 2. The van der Waals surface area contributed by atoms with E-state index >= 15 is 0 Å². The van der Waals surface area contributed by atoms with Crippen molar-refractivity contribution in [1.82, 2.24) is 5.32 Å². The van der Waals surface area contributed by atoms with E-state index in [-0.39, 0.29) is 6.61 Å². The zero-order chi connectivity index (χ0) is 16.9. The van der Waals surface area contributed by atoms with Crippen molar-refractivity contribution in [2.24, 2.45) is 0 Å². The number of hydrogen-bond acceptors (Lipinski definition) is 3. The van der Waals surface area contributed by atoms with Crippen LogP contribution in [-0.2, 0) is 17.9 Å². The molecule has 0 aliphatic carbocycles. The topological polar surface area (TPSA) is 58.6 Å². The van der Waals surface area contributed by atoms with Gasteiger partial charge in [0.25, 0.3) is 0 Å². The maximum absolute atomic E-state index is 11.8. The van der Waals surface area contributed by atoms with Gasteiger partial charge in [0, 0.05) is 6.54 Å². The van der Waals surface area contributed by atoms with E-state index in [4.69, 9.17) is 9.84 Å². The molecule has 0 aromatic heterocycles. The summed E-state index contributed by atoms with van der Waals surface area (Å²) in [7, 11) is 0. The second kappa shape index (κ2) is 7.29. The van der Waals surface area contributed by atoms with E-state index in [2.05, 4.69) is 5.32 Å². The number of ether oxygens (including phenoxy) is 1. The number of carbonyl (C=O) groups excluding carboxylic acids is 1. The van der Waals surface area contributed by atoms with Crippen LogP contribution in [0.15, 0.2) is 48.5 Å². The van der Waals surface area contributed by atoms with Crippen LogP contribution in [0.4, 0.5) is 4.79 Å². The molecule has 0 saturated heterocycles. The zero-order valence-electron chi connectivity index (χ0n) is 13.8. The summed E-state index contributed by atoms with van der Waals surface area (Å²) in [5.41, 5.74) is 3.47. The molecule has 0 aliphatic heterocycles. The second-order valence-corrected chi connectivity index (χ2v) is 6.37. The van der Waals surface area contributed by atoms with Gasteiger partial charge in [-0.1, -0.05) is 48.5 Å². The summed E-state index contributed by atoms with van der Waals surface area (Å²) in [6, 6.07) is 15.6. The number of benzene rings is 2. The Morgan fingerprint density at radius 3 is 2.35 bits per heavy atom. The third-order valence-corrected chi connectivity index (χ3v) is 3.29. The number of amides is 1. The Kier molecular flexibility index (Phi) is 5.40. The first kappa shape index (κ1) is 17.0. The van der Waals surface area contributed by atoms with E-state index in [9.17, 15) is 4.79 Å². The van der Waals surface area contributed by atoms with Crippen molar-refractivity contribution in [3.63, 3.8) is 0 Å². The van der Waals surface area contributed by atoms with E-state index in [1.807, 2.05) is 69.3 Å².